The Kier molecular flexibility index (Phi) is 5.20. The Labute approximate surface area is 122 Å². The predicted octanol–water partition coefficient (Wildman–Crippen LogP) is 4.39. The molecule has 0 bridgehead atoms. The number of hydrogen-bond acceptors (Lipinski definition) is 3. The molecule has 3 nitrogen and oxygen atoms in total. The smallest absolute Gasteiger partial charge is 0.387 e. The highest BCUT2D eigenvalue weighted by molar-refractivity contribution is 5.69. The summed E-state index contributed by atoms with van der Waals surface area (Å²) in [5, 5.41) is 3.22. The normalized spacial score (nSPS) is 22.3. The molecule has 118 valence electrons. The van der Waals surface area contributed by atoms with E-state index in [9.17, 15) is 13.2 Å². The van der Waals surface area contributed by atoms with Crippen LogP contribution in [0.5, 0.6) is 5.75 Å². The molecule has 2 rings (SSSR count). The van der Waals surface area contributed by atoms with E-state index in [1.807, 2.05) is 0 Å². The van der Waals surface area contributed by atoms with Gasteiger partial charge in [0.2, 0.25) is 0 Å². The number of hydrogen-bond donors (Lipinski definition) is 2. The van der Waals surface area contributed by atoms with Gasteiger partial charge in [-0.1, -0.05) is 13.3 Å². The van der Waals surface area contributed by atoms with Crippen LogP contribution in [0.4, 0.5) is 24.5 Å². The van der Waals surface area contributed by atoms with Gasteiger partial charge in [-0.2, -0.15) is 8.78 Å². The van der Waals surface area contributed by atoms with Gasteiger partial charge in [0, 0.05) is 18.2 Å². The molecular formula is C15H21F3N2O. The van der Waals surface area contributed by atoms with Crippen molar-refractivity contribution in [2.75, 3.05) is 11.1 Å². The average Bonchev–Trinajstić information content (AvgIpc) is 2.44. The summed E-state index contributed by atoms with van der Waals surface area (Å²) in [6, 6.07) is 2.46. The molecule has 1 fully saturated rings. The molecule has 0 heterocycles. The second kappa shape index (κ2) is 6.91. The molecule has 1 aliphatic carbocycles. The van der Waals surface area contributed by atoms with Gasteiger partial charge in [-0.15, -0.1) is 0 Å². The van der Waals surface area contributed by atoms with E-state index in [4.69, 9.17) is 5.73 Å². The average molecular weight is 302 g/mol. The van der Waals surface area contributed by atoms with E-state index < -0.39 is 18.2 Å². The summed E-state index contributed by atoms with van der Waals surface area (Å²) in [4.78, 5) is 0. The van der Waals surface area contributed by atoms with Gasteiger partial charge in [0.25, 0.3) is 0 Å². The number of anilines is 2. The molecule has 0 radical (unpaired) electrons. The van der Waals surface area contributed by atoms with Crippen molar-refractivity contribution in [3.63, 3.8) is 0 Å². The summed E-state index contributed by atoms with van der Waals surface area (Å²) in [5.74, 6) is -0.608. The summed E-state index contributed by atoms with van der Waals surface area (Å²) in [7, 11) is 0. The molecule has 0 saturated heterocycles. The molecule has 0 aliphatic heterocycles. The van der Waals surface area contributed by atoms with Crippen LogP contribution < -0.4 is 15.8 Å². The zero-order valence-corrected chi connectivity index (χ0v) is 12.0. The minimum absolute atomic E-state index is 0.201. The highest BCUT2D eigenvalue weighted by Crippen LogP contribution is 2.33. The third-order valence-corrected chi connectivity index (χ3v) is 4.10. The van der Waals surface area contributed by atoms with Crippen LogP contribution in [0.2, 0.25) is 0 Å². The molecule has 6 heteroatoms. The highest BCUT2D eigenvalue weighted by atomic mass is 19.3. The lowest BCUT2D eigenvalue weighted by Crippen LogP contribution is -2.26. The number of alkyl halides is 2. The SMILES string of the molecule is CCC1CCC(Nc2cc(OC(F)F)c(F)cc2N)CC1. The molecule has 0 spiro atoms. The minimum atomic E-state index is -3.06. The number of halogens is 3. The monoisotopic (exact) mass is 302 g/mol. The second-order valence-corrected chi connectivity index (χ2v) is 5.52. The lowest BCUT2D eigenvalue weighted by atomic mass is 9.84. The van der Waals surface area contributed by atoms with E-state index in [-0.39, 0.29) is 11.7 Å². The van der Waals surface area contributed by atoms with Crippen molar-refractivity contribution >= 4 is 11.4 Å². The molecule has 0 unspecified atom stereocenters. The molecule has 1 aromatic carbocycles. The first kappa shape index (κ1) is 15.8. The van der Waals surface area contributed by atoms with Crippen LogP contribution in [0.3, 0.4) is 0 Å². The van der Waals surface area contributed by atoms with Crippen molar-refractivity contribution in [3.05, 3.63) is 17.9 Å². The topological polar surface area (TPSA) is 47.3 Å². The van der Waals surface area contributed by atoms with Crippen molar-refractivity contribution in [3.8, 4) is 5.75 Å². The molecule has 3 N–H and O–H groups in total. The molecule has 0 atom stereocenters. The zero-order chi connectivity index (χ0) is 15.4. The lowest BCUT2D eigenvalue weighted by molar-refractivity contribution is -0.0521. The van der Waals surface area contributed by atoms with Crippen LogP contribution in [0.25, 0.3) is 0 Å². The largest absolute Gasteiger partial charge is 0.432 e. The van der Waals surface area contributed by atoms with Crippen molar-refractivity contribution in [2.24, 2.45) is 5.92 Å². The van der Waals surface area contributed by atoms with Crippen LogP contribution in [-0.2, 0) is 0 Å². The van der Waals surface area contributed by atoms with Crippen molar-refractivity contribution < 1.29 is 17.9 Å². The van der Waals surface area contributed by atoms with Crippen molar-refractivity contribution in [1.29, 1.82) is 0 Å². The van der Waals surface area contributed by atoms with Gasteiger partial charge in [0.1, 0.15) is 0 Å². The molecule has 0 amide bonds. The van der Waals surface area contributed by atoms with Crippen LogP contribution in [0, 0.1) is 11.7 Å². The third-order valence-electron chi connectivity index (χ3n) is 4.10. The first-order valence-electron chi connectivity index (χ1n) is 7.30. The number of nitrogen functional groups attached to an aromatic ring is 1. The van der Waals surface area contributed by atoms with Gasteiger partial charge >= 0.3 is 6.61 Å². The fraction of sp³-hybridized carbons (Fsp3) is 0.600. The Morgan fingerprint density at radius 1 is 1.29 bits per heavy atom. The van der Waals surface area contributed by atoms with E-state index in [0.717, 1.165) is 37.7 Å². The number of rotatable bonds is 5. The quantitative estimate of drug-likeness (QED) is 0.793. The molecule has 0 aromatic heterocycles. The predicted molar refractivity (Wildman–Crippen MR) is 77.1 cm³/mol. The van der Waals surface area contributed by atoms with Gasteiger partial charge < -0.3 is 15.8 Å². The first-order chi connectivity index (χ1) is 9.99. The summed E-state index contributed by atoms with van der Waals surface area (Å²) in [5.41, 5.74) is 6.40. The third kappa shape index (κ3) is 4.19. The maximum absolute atomic E-state index is 13.5. The van der Waals surface area contributed by atoms with Gasteiger partial charge in [0.05, 0.1) is 11.4 Å². The van der Waals surface area contributed by atoms with Crippen LogP contribution in [0.1, 0.15) is 39.0 Å². The fourth-order valence-electron chi connectivity index (χ4n) is 2.82. The summed E-state index contributed by atoms with van der Waals surface area (Å²) < 4.78 is 42.1. The Balaban J connectivity index is 2.05. The first-order valence-corrected chi connectivity index (χ1v) is 7.30. The van der Waals surface area contributed by atoms with E-state index in [1.54, 1.807) is 0 Å². The van der Waals surface area contributed by atoms with E-state index in [2.05, 4.69) is 17.0 Å². The van der Waals surface area contributed by atoms with Crippen molar-refractivity contribution in [2.45, 2.75) is 51.7 Å². The molecule has 1 saturated carbocycles. The maximum Gasteiger partial charge on any atom is 0.387 e. The Hall–Kier alpha value is -1.59. The van der Waals surface area contributed by atoms with Crippen LogP contribution >= 0.6 is 0 Å². The van der Waals surface area contributed by atoms with Crippen LogP contribution in [0.15, 0.2) is 12.1 Å². The van der Waals surface area contributed by atoms with E-state index in [1.165, 1.54) is 12.5 Å². The lowest BCUT2D eigenvalue weighted by Gasteiger charge is -2.29. The number of nitrogens with one attached hydrogen (secondary N) is 1. The molecule has 1 aliphatic rings. The van der Waals surface area contributed by atoms with E-state index >= 15 is 0 Å². The van der Waals surface area contributed by atoms with Crippen molar-refractivity contribution in [1.82, 2.24) is 0 Å². The highest BCUT2D eigenvalue weighted by Gasteiger charge is 2.21. The zero-order valence-electron chi connectivity index (χ0n) is 12.0. The minimum Gasteiger partial charge on any atom is -0.432 e. The number of nitrogens with two attached hydrogens (primary N) is 1. The second-order valence-electron chi connectivity index (χ2n) is 5.52. The Morgan fingerprint density at radius 3 is 2.52 bits per heavy atom. The van der Waals surface area contributed by atoms with Crippen LogP contribution in [-0.4, -0.2) is 12.7 Å². The standard InChI is InChI=1S/C15H21F3N2O/c1-2-9-3-5-10(6-4-9)20-13-8-14(21-15(17)18)11(16)7-12(13)19/h7-10,15,20H,2-6,19H2,1H3. The van der Waals surface area contributed by atoms with Gasteiger partial charge in [-0.25, -0.2) is 4.39 Å². The van der Waals surface area contributed by atoms with Gasteiger partial charge in [-0.3, -0.25) is 0 Å². The van der Waals surface area contributed by atoms with Gasteiger partial charge in [0.15, 0.2) is 11.6 Å². The summed E-state index contributed by atoms with van der Waals surface area (Å²) >= 11 is 0. The maximum atomic E-state index is 13.5. The summed E-state index contributed by atoms with van der Waals surface area (Å²) in [6.07, 6.45) is 5.45. The number of ether oxygens (including phenoxy) is 1. The Morgan fingerprint density at radius 2 is 1.95 bits per heavy atom. The molecule has 1 aromatic rings. The Bertz CT molecular complexity index is 474. The van der Waals surface area contributed by atoms with E-state index in [0.29, 0.717) is 5.69 Å². The summed E-state index contributed by atoms with van der Waals surface area (Å²) in [6.45, 7) is -0.874. The molecular weight excluding hydrogens is 281 g/mol. The number of benzene rings is 1. The van der Waals surface area contributed by atoms with Gasteiger partial charge in [-0.05, 0) is 31.6 Å². The fourth-order valence-corrected chi connectivity index (χ4v) is 2.82. The molecule has 21 heavy (non-hydrogen) atoms.